The maximum absolute atomic E-state index is 11.9. The molecule has 144 valence electrons. The van der Waals surface area contributed by atoms with Crippen LogP contribution >= 0.6 is 0 Å². The third kappa shape index (κ3) is 4.64. The normalized spacial score (nSPS) is 31.8. The summed E-state index contributed by atoms with van der Waals surface area (Å²) >= 11 is 0. The molecule has 1 amide bonds. The topological polar surface area (TPSA) is 180 Å². The molecular formula is C14H24N2O9. The van der Waals surface area contributed by atoms with Crippen molar-refractivity contribution >= 4 is 17.8 Å². The number of aliphatic hydroxyl groups is 2. The smallest absolute Gasteiger partial charge is 0.332 e. The van der Waals surface area contributed by atoms with Crippen LogP contribution in [-0.2, 0) is 23.9 Å². The van der Waals surface area contributed by atoms with Crippen LogP contribution in [0.5, 0.6) is 0 Å². The fourth-order valence-corrected chi connectivity index (χ4v) is 2.61. The maximum Gasteiger partial charge on any atom is 0.332 e. The van der Waals surface area contributed by atoms with Crippen molar-refractivity contribution in [2.24, 2.45) is 5.73 Å². The van der Waals surface area contributed by atoms with E-state index >= 15 is 0 Å². The second kappa shape index (κ2) is 8.54. The van der Waals surface area contributed by atoms with E-state index in [-0.39, 0.29) is 0 Å². The van der Waals surface area contributed by atoms with Crippen molar-refractivity contribution in [2.45, 2.75) is 63.5 Å². The molecule has 6 N–H and O–H groups in total. The van der Waals surface area contributed by atoms with Crippen LogP contribution in [-0.4, -0.2) is 92.5 Å². The predicted molar refractivity (Wildman–Crippen MR) is 81.3 cm³/mol. The summed E-state index contributed by atoms with van der Waals surface area (Å²) in [5.74, 6) is -3.27. The van der Waals surface area contributed by atoms with Crippen molar-refractivity contribution in [3.63, 3.8) is 0 Å². The highest BCUT2D eigenvalue weighted by Gasteiger charge is 2.49. The van der Waals surface area contributed by atoms with Gasteiger partial charge in [0.2, 0.25) is 5.91 Å². The number of carboxylic acid groups (broad SMARTS) is 2. The summed E-state index contributed by atoms with van der Waals surface area (Å²) in [6, 6.07) is -2.55. The predicted octanol–water partition coefficient (Wildman–Crippen LogP) is -2.43. The van der Waals surface area contributed by atoms with Crippen molar-refractivity contribution in [2.75, 3.05) is 6.61 Å². The van der Waals surface area contributed by atoms with Gasteiger partial charge in [-0.25, -0.2) is 9.59 Å². The lowest BCUT2D eigenvalue weighted by atomic mass is 9.95. The number of nitrogens with two attached hydrogens (primary N) is 1. The molecule has 7 atom stereocenters. The average Bonchev–Trinajstić information content (AvgIpc) is 2.52. The molecule has 0 radical (unpaired) electrons. The van der Waals surface area contributed by atoms with E-state index < -0.39 is 67.2 Å². The van der Waals surface area contributed by atoms with Crippen LogP contribution < -0.4 is 5.73 Å². The summed E-state index contributed by atoms with van der Waals surface area (Å²) in [5, 5.41) is 37.7. The fourth-order valence-electron chi connectivity index (χ4n) is 2.61. The van der Waals surface area contributed by atoms with Crippen molar-refractivity contribution < 1.29 is 44.3 Å². The van der Waals surface area contributed by atoms with Gasteiger partial charge in [-0.3, -0.25) is 4.79 Å². The molecule has 1 fully saturated rings. The molecular weight excluding hydrogens is 340 g/mol. The molecule has 25 heavy (non-hydrogen) atoms. The number of carbonyl (C=O) groups is 3. The number of aliphatic hydroxyl groups excluding tert-OH is 2. The Kier molecular flexibility index (Phi) is 7.26. The summed E-state index contributed by atoms with van der Waals surface area (Å²) in [5.41, 5.74) is 5.98. The van der Waals surface area contributed by atoms with Gasteiger partial charge < -0.3 is 40.5 Å². The highest BCUT2D eigenvalue weighted by atomic mass is 16.6. The van der Waals surface area contributed by atoms with Crippen molar-refractivity contribution in [1.29, 1.82) is 0 Å². The van der Waals surface area contributed by atoms with Gasteiger partial charge in [0.15, 0.2) is 12.3 Å². The zero-order valence-corrected chi connectivity index (χ0v) is 14.1. The lowest BCUT2D eigenvalue weighted by Crippen LogP contribution is -2.69. The Morgan fingerprint density at radius 1 is 1.24 bits per heavy atom. The fraction of sp³-hybridized carbons (Fsp3) is 0.786. The zero-order chi connectivity index (χ0) is 19.5. The number of aliphatic carboxylic acids is 2. The van der Waals surface area contributed by atoms with Crippen LogP contribution in [0, 0.1) is 0 Å². The second-order valence-electron chi connectivity index (χ2n) is 5.84. The Labute approximate surface area is 143 Å². The van der Waals surface area contributed by atoms with Crippen molar-refractivity contribution in [3.05, 3.63) is 0 Å². The number of carbonyl (C=O) groups excluding carboxylic acids is 1. The molecule has 3 unspecified atom stereocenters. The first kappa shape index (κ1) is 21.3. The number of rotatable bonds is 7. The van der Waals surface area contributed by atoms with Gasteiger partial charge in [-0.15, -0.1) is 0 Å². The van der Waals surface area contributed by atoms with Gasteiger partial charge in [0.25, 0.3) is 0 Å². The number of carboxylic acids is 2. The summed E-state index contributed by atoms with van der Waals surface area (Å²) in [6.07, 6.45) is -6.67. The Hall–Kier alpha value is -1.79. The van der Waals surface area contributed by atoms with Gasteiger partial charge in [-0.2, -0.15) is 0 Å². The first-order chi connectivity index (χ1) is 11.5. The maximum atomic E-state index is 11.9. The largest absolute Gasteiger partial charge is 0.480 e. The Morgan fingerprint density at radius 2 is 1.80 bits per heavy atom. The molecule has 0 aromatic carbocycles. The molecule has 0 bridgehead atoms. The Balaban J connectivity index is 3.18. The van der Waals surface area contributed by atoms with E-state index in [9.17, 15) is 29.7 Å². The number of ether oxygens (including phenoxy) is 2. The number of nitrogens with zero attached hydrogens (tertiary/aromatic N) is 1. The summed E-state index contributed by atoms with van der Waals surface area (Å²) in [4.78, 5) is 35.0. The minimum atomic E-state index is -1.47. The highest BCUT2D eigenvalue weighted by molar-refractivity contribution is 5.82. The molecule has 1 aliphatic heterocycles. The third-order valence-electron chi connectivity index (χ3n) is 4.04. The second-order valence-corrected chi connectivity index (χ2v) is 5.84. The minimum absolute atomic E-state index is 0.659. The first-order valence-electron chi connectivity index (χ1n) is 7.62. The van der Waals surface area contributed by atoms with Crippen molar-refractivity contribution in [3.8, 4) is 0 Å². The van der Waals surface area contributed by atoms with Crippen LogP contribution in [0.25, 0.3) is 0 Å². The molecule has 0 aromatic heterocycles. The third-order valence-corrected chi connectivity index (χ3v) is 4.04. The molecule has 0 aromatic rings. The standard InChI is InChI=1S/C14H24N2O9/c1-5(13(20)21)16(7(3)18)12-9(15)11(24-6(2)14(22)23)10(19)8(4-17)25-12/h5-6,8-12,17,19H,4,15H2,1-3H3,(H,20,21)(H,22,23)/t5?,6?,8-,9-,10-,11-,12?/m1/s1. The molecule has 1 aliphatic rings. The van der Waals surface area contributed by atoms with Crippen LogP contribution in [0.4, 0.5) is 0 Å². The summed E-state index contributed by atoms with van der Waals surface area (Å²) < 4.78 is 10.7. The van der Waals surface area contributed by atoms with Gasteiger partial charge in [0.05, 0.1) is 12.6 Å². The SMILES string of the molecule is CC(=O)N(C(C)C(=O)O)C1O[C@H](CO)[C@@H](O)[C@H](OC(C)C(=O)O)[C@H]1N. The molecule has 0 saturated carbocycles. The van der Waals surface area contributed by atoms with Gasteiger partial charge in [-0.05, 0) is 13.8 Å². The van der Waals surface area contributed by atoms with Gasteiger partial charge in [0.1, 0.15) is 24.4 Å². The van der Waals surface area contributed by atoms with Crippen LogP contribution in [0.3, 0.4) is 0 Å². The van der Waals surface area contributed by atoms with Gasteiger partial charge in [0, 0.05) is 6.92 Å². The minimum Gasteiger partial charge on any atom is -0.480 e. The summed E-state index contributed by atoms with van der Waals surface area (Å²) in [7, 11) is 0. The summed E-state index contributed by atoms with van der Waals surface area (Å²) in [6.45, 7) is 2.92. The van der Waals surface area contributed by atoms with E-state index in [1.807, 2.05) is 0 Å². The lowest BCUT2D eigenvalue weighted by molar-refractivity contribution is -0.246. The molecule has 0 aliphatic carbocycles. The van der Waals surface area contributed by atoms with E-state index in [1.54, 1.807) is 0 Å². The average molecular weight is 364 g/mol. The monoisotopic (exact) mass is 364 g/mol. The van der Waals surface area contributed by atoms with Crippen LogP contribution in [0.15, 0.2) is 0 Å². The number of hydrogen-bond acceptors (Lipinski definition) is 8. The zero-order valence-electron chi connectivity index (χ0n) is 14.1. The van der Waals surface area contributed by atoms with E-state index in [2.05, 4.69) is 0 Å². The molecule has 1 rings (SSSR count). The van der Waals surface area contributed by atoms with Gasteiger partial charge in [-0.1, -0.05) is 0 Å². The molecule has 11 heteroatoms. The molecule has 11 nitrogen and oxygen atoms in total. The highest BCUT2D eigenvalue weighted by Crippen LogP contribution is 2.27. The molecule has 1 saturated heterocycles. The van der Waals surface area contributed by atoms with E-state index in [4.69, 9.17) is 20.3 Å². The molecule has 0 spiro atoms. The van der Waals surface area contributed by atoms with E-state index in [0.717, 1.165) is 11.8 Å². The van der Waals surface area contributed by atoms with Crippen molar-refractivity contribution in [1.82, 2.24) is 4.90 Å². The van der Waals surface area contributed by atoms with E-state index in [1.165, 1.54) is 13.8 Å². The van der Waals surface area contributed by atoms with Crippen LogP contribution in [0.1, 0.15) is 20.8 Å². The number of amides is 1. The Morgan fingerprint density at radius 3 is 2.20 bits per heavy atom. The number of hydrogen-bond donors (Lipinski definition) is 5. The van der Waals surface area contributed by atoms with Crippen LogP contribution in [0.2, 0.25) is 0 Å². The Bertz CT molecular complexity index is 515. The molecule has 1 heterocycles. The van der Waals surface area contributed by atoms with Gasteiger partial charge >= 0.3 is 11.9 Å². The quantitative estimate of drug-likeness (QED) is 0.326. The van der Waals surface area contributed by atoms with E-state index in [0.29, 0.717) is 0 Å². The first-order valence-corrected chi connectivity index (χ1v) is 7.62. The lowest BCUT2D eigenvalue weighted by Gasteiger charge is -2.47.